The number of amides is 1. The van der Waals surface area contributed by atoms with E-state index in [1.165, 1.54) is 18.7 Å². The lowest BCUT2D eigenvalue weighted by Crippen LogP contribution is -2.11. The summed E-state index contributed by atoms with van der Waals surface area (Å²) in [5, 5.41) is 15.6. The predicted molar refractivity (Wildman–Crippen MR) is 98.2 cm³/mol. The van der Waals surface area contributed by atoms with E-state index < -0.39 is 0 Å². The first-order valence-corrected chi connectivity index (χ1v) is 9.05. The molecule has 1 amide bonds. The van der Waals surface area contributed by atoms with Crippen molar-refractivity contribution in [2.24, 2.45) is 0 Å². The molecule has 8 nitrogen and oxygen atoms in total. The van der Waals surface area contributed by atoms with Gasteiger partial charge in [0.1, 0.15) is 6.33 Å². The molecule has 0 aliphatic carbocycles. The lowest BCUT2D eigenvalue weighted by Gasteiger charge is -2.10. The Hall–Kier alpha value is -2.68. The number of carbonyl (C=O) groups excluding carboxylic acids is 1. The molecular formula is C17H20N6O2S. The molecule has 0 saturated carbocycles. The highest BCUT2D eigenvalue weighted by molar-refractivity contribution is 7.98. The third-order valence-corrected chi connectivity index (χ3v) is 4.34. The van der Waals surface area contributed by atoms with E-state index in [9.17, 15) is 4.79 Å². The van der Waals surface area contributed by atoms with Crippen LogP contribution in [0.2, 0.25) is 0 Å². The number of aromatic nitrogens is 5. The summed E-state index contributed by atoms with van der Waals surface area (Å²) < 4.78 is 7.16. The summed E-state index contributed by atoms with van der Waals surface area (Å²) in [7, 11) is 0. The average Bonchev–Trinajstić information content (AvgIpc) is 3.21. The summed E-state index contributed by atoms with van der Waals surface area (Å²) in [5.74, 6) is 1.62. The number of thioether (sulfide) groups is 1. The van der Waals surface area contributed by atoms with Gasteiger partial charge in [0.25, 0.3) is 0 Å². The highest BCUT2D eigenvalue weighted by Crippen LogP contribution is 2.25. The van der Waals surface area contributed by atoms with E-state index in [1.54, 1.807) is 6.33 Å². The zero-order valence-corrected chi connectivity index (χ0v) is 15.9. The van der Waals surface area contributed by atoms with Crippen LogP contribution in [-0.4, -0.2) is 30.8 Å². The Bertz CT molecular complexity index is 912. The van der Waals surface area contributed by atoms with Crippen molar-refractivity contribution in [2.75, 3.05) is 5.32 Å². The summed E-state index contributed by atoms with van der Waals surface area (Å²) in [6.45, 7) is 7.55. The zero-order valence-electron chi connectivity index (χ0n) is 15.1. The molecule has 0 fully saturated rings. The number of carbonyl (C=O) groups is 1. The van der Waals surface area contributed by atoms with E-state index >= 15 is 0 Å². The maximum absolute atomic E-state index is 11.2. The van der Waals surface area contributed by atoms with Crippen molar-refractivity contribution >= 4 is 23.4 Å². The molecular weight excluding hydrogens is 352 g/mol. The number of anilines is 1. The number of hydrogen-bond donors (Lipinski definition) is 1. The molecule has 0 aliphatic heterocycles. The van der Waals surface area contributed by atoms with Crippen molar-refractivity contribution in [1.82, 2.24) is 24.9 Å². The number of benzene rings is 1. The van der Waals surface area contributed by atoms with Gasteiger partial charge in [-0.3, -0.25) is 9.36 Å². The van der Waals surface area contributed by atoms with E-state index in [-0.39, 0.29) is 11.3 Å². The Labute approximate surface area is 155 Å². The van der Waals surface area contributed by atoms with Gasteiger partial charge in [0.2, 0.25) is 11.8 Å². The zero-order chi connectivity index (χ0) is 18.7. The van der Waals surface area contributed by atoms with Crippen molar-refractivity contribution in [3.63, 3.8) is 0 Å². The second-order valence-electron chi connectivity index (χ2n) is 6.77. The van der Waals surface area contributed by atoms with Gasteiger partial charge in [-0.15, -0.1) is 10.2 Å². The Morgan fingerprint density at radius 1 is 1.35 bits per heavy atom. The molecule has 136 valence electrons. The molecule has 0 unspecified atom stereocenters. The van der Waals surface area contributed by atoms with Crippen molar-refractivity contribution < 1.29 is 9.32 Å². The van der Waals surface area contributed by atoms with Crippen LogP contribution < -0.4 is 5.32 Å². The van der Waals surface area contributed by atoms with E-state index in [1.807, 2.05) is 49.6 Å². The topological polar surface area (TPSA) is 98.7 Å². The van der Waals surface area contributed by atoms with E-state index in [2.05, 4.69) is 25.7 Å². The summed E-state index contributed by atoms with van der Waals surface area (Å²) in [6, 6.07) is 7.48. The lowest BCUT2D eigenvalue weighted by atomic mass is 9.97. The largest absolute Gasteiger partial charge is 0.339 e. The third kappa shape index (κ3) is 4.29. The molecule has 0 spiro atoms. The van der Waals surface area contributed by atoms with Gasteiger partial charge in [0.05, 0.1) is 11.4 Å². The second kappa shape index (κ2) is 7.28. The van der Waals surface area contributed by atoms with Gasteiger partial charge < -0.3 is 9.84 Å². The smallest absolute Gasteiger partial charge is 0.232 e. The van der Waals surface area contributed by atoms with Gasteiger partial charge in [0, 0.05) is 18.0 Å². The van der Waals surface area contributed by atoms with Gasteiger partial charge in [0.15, 0.2) is 11.0 Å². The Morgan fingerprint density at radius 3 is 2.85 bits per heavy atom. The third-order valence-electron chi connectivity index (χ3n) is 3.40. The fraction of sp³-hybridized carbons (Fsp3) is 0.353. The van der Waals surface area contributed by atoms with Crippen LogP contribution in [0.3, 0.4) is 0 Å². The summed E-state index contributed by atoms with van der Waals surface area (Å²) in [4.78, 5) is 15.7. The van der Waals surface area contributed by atoms with Gasteiger partial charge >= 0.3 is 0 Å². The molecule has 0 bridgehead atoms. The second-order valence-corrected chi connectivity index (χ2v) is 7.71. The first kappa shape index (κ1) is 18.1. The molecule has 0 radical (unpaired) electrons. The number of rotatable bonds is 5. The molecule has 3 rings (SSSR count). The highest BCUT2D eigenvalue weighted by Gasteiger charge is 2.22. The van der Waals surface area contributed by atoms with E-state index in [0.717, 1.165) is 5.69 Å². The fourth-order valence-electron chi connectivity index (χ4n) is 2.18. The predicted octanol–water partition coefficient (Wildman–Crippen LogP) is 3.20. The molecule has 2 aromatic heterocycles. The van der Waals surface area contributed by atoms with Crippen molar-refractivity contribution in [3.8, 4) is 5.69 Å². The SMILES string of the molecule is CC(=O)Nc1cccc(-n2cnnc2SCc2noc(C(C)(C)C)n2)c1. The molecule has 0 atom stereocenters. The van der Waals surface area contributed by atoms with Crippen LogP contribution in [0, 0.1) is 0 Å². The van der Waals surface area contributed by atoms with Crippen LogP contribution >= 0.6 is 11.8 Å². The fourth-order valence-corrected chi connectivity index (χ4v) is 2.95. The van der Waals surface area contributed by atoms with Crippen LogP contribution in [-0.2, 0) is 16.0 Å². The van der Waals surface area contributed by atoms with E-state index in [4.69, 9.17) is 4.52 Å². The minimum Gasteiger partial charge on any atom is -0.339 e. The molecule has 1 N–H and O–H groups in total. The molecule has 1 aromatic carbocycles. The van der Waals surface area contributed by atoms with Gasteiger partial charge in [-0.05, 0) is 18.2 Å². The molecule has 3 aromatic rings. The molecule has 0 aliphatic rings. The van der Waals surface area contributed by atoms with Crippen LogP contribution in [0.1, 0.15) is 39.4 Å². The van der Waals surface area contributed by atoms with Crippen LogP contribution in [0.4, 0.5) is 5.69 Å². The Morgan fingerprint density at radius 2 is 2.15 bits per heavy atom. The molecule has 9 heteroatoms. The van der Waals surface area contributed by atoms with Crippen LogP contribution in [0.5, 0.6) is 0 Å². The monoisotopic (exact) mass is 372 g/mol. The van der Waals surface area contributed by atoms with E-state index in [0.29, 0.717) is 28.3 Å². The Kier molecular flexibility index (Phi) is 5.08. The average molecular weight is 372 g/mol. The first-order valence-electron chi connectivity index (χ1n) is 8.07. The molecule has 26 heavy (non-hydrogen) atoms. The number of nitrogens with zero attached hydrogens (tertiary/aromatic N) is 5. The summed E-state index contributed by atoms with van der Waals surface area (Å²) >= 11 is 1.46. The summed E-state index contributed by atoms with van der Waals surface area (Å²) in [6.07, 6.45) is 1.63. The Balaban J connectivity index is 1.75. The quantitative estimate of drug-likeness (QED) is 0.687. The minimum atomic E-state index is -0.180. The maximum atomic E-state index is 11.2. The van der Waals surface area contributed by atoms with Crippen molar-refractivity contribution in [1.29, 1.82) is 0 Å². The molecule has 2 heterocycles. The number of nitrogens with one attached hydrogen (secondary N) is 1. The van der Waals surface area contributed by atoms with Crippen molar-refractivity contribution in [2.45, 2.75) is 44.0 Å². The number of hydrogen-bond acceptors (Lipinski definition) is 7. The van der Waals surface area contributed by atoms with Crippen molar-refractivity contribution in [3.05, 3.63) is 42.3 Å². The van der Waals surface area contributed by atoms with Gasteiger partial charge in [-0.25, -0.2) is 0 Å². The minimum absolute atomic E-state index is 0.118. The van der Waals surface area contributed by atoms with Crippen LogP contribution in [0.25, 0.3) is 5.69 Å². The van der Waals surface area contributed by atoms with Gasteiger partial charge in [-0.1, -0.05) is 43.8 Å². The summed E-state index contributed by atoms with van der Waals surface area (Å²) in [5.41, 5.74) is 1.39. The van der Waals surface area contributed by atoms with Crippen LogP contribution in [0.15, 0.2) is 40.3 Å². The normalized spacial score (nSPS) is 11.5. The molecule has 0 saturated heterocycles. The first-order chi connectivity index (χ1) is 12.3. The van der Waals surface area contributed by atoms with Gasteiger partial charge in [-0.2, -0.15) is 4.98 Å². The highest BCUT2D eigenvalue weighted by atomic mass is 32.2. The standard InChI is InChI=1S/C17H20N6O2S/c1-11(24)19-12-6-5-7-13(8-12)23-10-18-21-16(23)26-9-14-20-15(25-22-14)17(2,3)4/h5-8,10H,9H2,1-4H3,(H,19,24). The lowest BCUT2D eigenvalue weighted by molar-refractivity contribution is -0.114. The maximum Gasteiger partial charge on any atom is 0.232 e.